The molecule has 0 aliphatic rings. The van der Waals surface area contributed by atoms with Crippen molar-refractivity contribution in [1.29, 1.82) is 0 Å². The van der Waals surface area contributed by atoms with Crippen molar-refractivity contribution in [1.82, 2.24) is 10.3 Å². The third-order valence-electron chi connectivity index (χ3n) is 2.71. The Morgan fingerprint density at radius 1 is 1.41 bits per heavy atom. The molecule has 0 saturated heterocycles. The number of carbonyl (C=O) groups is 1. The van der Waals surface area contributed by atoms with Crippen LogP contribution in [0, 0.1) is 0 Å². The summed E-state index contributed by atoms with van der Waals surface area (Å²) in [5, 5.41) is 20.9. The zero-order chi connectivity index (χ0) is 12.9. The molecule has 1 aromatic rings. The van der Waals surface area contributed by atoms with Crippen molar-refractivity contribution in [3.63, 3.8) is 0 Å². The standard InChI is InChI=1S/C11H16N2O4/c1-2-11(6-14,7-15)13-10(17)8-3-4-9(16)12-5-8/h3-5,14-15H,2,6-7H2,1H3,(H,12,16)(H,13,17). The summed E-state index contributed by atoms with van der Waals surface area (Å²) in [6.07, 6.45) is 1.68. The zero-order valence-electron chi connectivity index (χ0n) is 9.56. The molecule has 0 aliphatic heterocycles. The van der Waals surface area contributed by atoms with Crippen LogP contribution in [0.2, 0.25) is 0 Å². The van der Waals surface area contributed by atoms with E-state index >= 15 is 0 Å². The van der Waals surface area contributed by atoms with E-state index in [4.69, 9.17) is 0 Å². The highest BCUT2D eigenvalue weighted by Gasteiger charge is 2.28. The minimum atomic E-state index is -1.03. The summed E-state index contributed by atoms with van der Waals surface area (Å²) in [4.78, 5) is 25.0. The number of H-pyrrole nitrogens is 1. The Labute approximate surface area is 98.3 Å². The fourth-order valence-electron chi connectivity index (χ4n) is 1.31. The Kier molecular flexibility index (Phi) is 4.42. The molecule has 0 atom stereocenters. The van der Waals surface area contributed by atoms with Crippen LogP contribution >= 0.6 is 0 Å². The number of aromatic nitrogens is 1. The molecule has 0 aliphatic carbocycles. The molecule has 4 N–H and O–H groups in total. The van der Waals surface area contributed by atoms with Crippen LogP contribution < -0.4 is 10.9 Å². The number of rotatable bonds is 5. The molecule has 0 aromatic carbocycles. The molecule has 94 valence electrons. The molecule has 1 amide bonds. The first-order valence-electron chi connectivity index (χ1n) is 5.30. The molecule has 1 rings (SSSR count). The number of aliphatic hydroxyl groups excluding tert-OH is 2. The van der Waals surface area contributed by atoms with Gasteiger partial charge in [0.15, 0.2) is 0 Å². The summed E-state index contributed by atoms with van der Waals surface area (Å²) >= 11 is 0. The van der Waals surface area contributed by atoms with Gasteiger partial charge in [-0.15, -0.1) is 0 Å². The summed E-state index contributed by atoms with van der Waals surface area (Å²) in [6.45, 7) is 1.05. The topological polar surface area (TPSA) is 102 Å². The number of aromatic amines is 1. The van der Waals surface area contributed by atoms with Crippen LogP contribution in [0.5, 0.6) is 0 Å². The van der Waals surface area contributed by atoms with Crippen molar-refractivity contribution in [3.8, 4) is 0 Å². The first-order valence-corrected chi connectivity index (χ1v) is 5.30. The van der Waals surface area contributed by atoms with Crippen LogP contribution in [-0.2, 0) is 0 Å². The van der Waals surface area contributed by atoms with Crippen molar-refractivity contribution >= 4 is 5.91 Å². The molecule has 6 heteroatoms. The minimum absolute atomic E-state index is 0.268. The Balaban J connectivity index is 2.84. The number of hydrogen-bond acceptors (Lipinski definition) is 4. The fraction of sp³-hybridized carbons (Fsp3) is 0.455. The summed E-state index contributed by atoms with van der Waals surface area (Å²) < 4.78 is 0. The average Bonchev–Trinajstić information content (AvgIpc) is 2.37. The molecule has 0 fully saturated rings. The quantitative estimate of drug-likeness (QED) is 0.543. The first kappa shape index (κ1) is 13.4. The lowest BCUT2D eigenvalue weighted by Gasteiger charge is -2.29. The lowest BCUT2D eigenvalue weighted by molar-refractivity contribution is 0.0652. The van der Waals surface area contributed by atoms with Crippen LogP contribution in [0.4, 0.5) is 0 Å². The summed E-state index contributed by atoms with van der Waals surface area (Å²) in [7, 11) is 0. The summed E-state index contributed by atoms with van der Waals surface area (Å²) in [6, 6.07) is 2.61. The average molecular weight is 240 g/mol. The van der Waals surface area contributed by atoms with E-state index in [-0.39, 0.29) is 24.3 Å². The van der Waals surface area contributed by atoms with E-state index in [1.54, 1.807) is 6.92 Å². The molecule has 1 aromatic heterocycles. The Morgan fingerprint density at radius 2 is 2.06 bits per heavy atom. The second-order valence-electron chi connectivity index (χ2n) is 3.85. The second-order valence-corrected chi connectivity index (χ2v) is 3.85. The SMILES string of the molecule is CCC(CO)(CO)NC(=O)c1ccc(=O)[nH]c1. The molecule has 0 spiro atoms. The van der Waals surface area contributed by atoms with E-state index in [0.717, 1.165) is 0 Å². The van der Waals surface area contributed by atoms with Crippen LogP contribution in [0.1, 0.15) is 23.7 Å². The lowest BCUT2D eigenvalue weighted by atomic mass is 9.98. The second kappa shape index (κ2) is 5.60. The van der Waals surface area contributed by atoms with Crippen molar-refractivity contribution < 1.29 is 15.0 Å². The van der Waals surface area contributed by atoms with Crippen LogP contribution in [-0.4, -0.2) is 39.9 Å². The summed E-state index contributed by atoms with van der Waals surface area (Å²) in [5.41, 5.74) is -1.07. The smallest absolute Gasteiger partial charge is 0.253 e. The number of nitrogens with one attached hydrogen (secondary N) is 2. The van der Waals surface area contributed by atoms with Crippen molar-refractivity contribution in [3.05, 3.63) is 34.2 Å². The van der Waals surface area contributed by atoms with Crippen LogP contribution in [0.3, 0.4) is 0 Å². The molecule has 0 saturated carbocycles. The van der Waals surface area contributed by atoms with Crippen molar-refractivity contribution in [2.75, 3.05) is 13.2 Å². The monoisotopic (exact) mass is 240 g/mol. The minimum Gasteiger partial charge on any atom is -0.394 e. The zero-order valence-corrected chi connectivity index (χ0v) is 9.56. The van der Waals surface area contributed by atoms with E-state index in [0.29, 0.717) is 6.42 Å². The van der Waals surface area contributed by atoms with E-state index in [2.05, 4.69) is 10.3 Å². The van der Waals surface area contributed by atoms with E-state index in [1.165, 1.54) is 18.3 Å². The lowest BCUT2D eigenvalue weighted by Crippen LogP contribution is -2.53. The highest BCUT2D eigenvalue weighted by Crippen LogP contribution is 2.09. The van der Waals surface area contributed by atoms with Crippen LogP contribution in [0.15, 0.2) is 23.1 Å². The largest absolute Gasteiger partial charge is 0.394 e. The Morgan fingerprint density at radius 3 is 2.47 bits per heavy atom. The molecular weight excluding hydrogens is 224 g/mol. The maximum absolute atomic E-state index is 11.8. The normalized spacial score (nSPS) is 11.2. The first-order chi connectivity index (χ1) is 8.06. The molecule has 0 unspecified atom stereocenters. The highest BCUT2D eigenvalue weighted by atomic mass is 16.3. The van der Waals surface area contributed by atoms with Gasteiger partial charge in [0.25, 0.3) is 5.91 Å². The van der Waals surface area contributed by atoms with Gasteiger partial charge in [-0.3, -0.25) is 9.59 Å². The maximum Gasteiger partial charge on any atom is 0.253 e. The van der Waals surface area contributed by atoms with E-state index in [9.17, 15) is 19.8 Å². The number of aliphatic hydroxyl groups is 2. The fourth-order valence-corrected chi connectivity index (χ4v) is 1.31. The molecular formula is C11H16N2O4. The maximum atomic E-state index is 11.8. The number of hydrogen-bond donors (Lipinski definition) is 4. The van der Waals surface area contributed by atoms with Gasteiger partial charge in [-0.25, -0.2) is 0 Å². The van der Waals surface area contributed by atoms with E-state index in [1.807, 2.05) is 0 Å². The van der Waals surface area contributed by atoms with Crippen LogP contribution in [0.25, 0.3) is 0 Å². The molecule has 6 nitrogen and oxygen atoms in total. The third-order valence-corrected chi connectivity index (χ3v) is 2.71. The van der Waals surface area contributed by atoms with Gasteiger partial charge >= 0.3 is 0 Å². The van der Waals surface area contributed by atoms with E-state index < -0.39 is 11.4 Å². The third kappa shape index (κ3) is 3.15. The van der Waals surface area contributed by atoms with Gasteiger partial charge in [-0.1, -0.05) is 6.92 Å². The number of pyridine rings is 1. The molecule has 0 bridgehead atoms. The Bertz CT molecular complexity index is 409. The number of amides is 1. The number of carbonyl (C=O) groups excluding carboxylic acids is 1. The van der Waals surface area contributed by atoms with Gasteiger partial charge in [-0.2, -0.15) is 0 Å². The van der Waals surface area contributed by atoms with Gasteiger partial charge in [0, 0.05) is 12.3 Å². The van der Waals surface area contributed by atoms with Crippen molar-refractivity contribution in [2.45, 2.75) is 18.9 Å². The predicted molar refractivity (Wildman–Crippen MR) is 61.7 cm³/mol. The van der Waals surface area contributed by atoms with Gasteiger partial charge in [0.05, 0.1) is 24.3 Å². The van der Waals surface area contributed by atoms with Crippen molar-refractivity contribution in [2.24, 2.45) is 0 Å². The highest BCUT2D eigenvalue weighted by molar-refractivity contribution is 5.94. The molecule has 0 radical (unpaired) electrons. The molecule has 1 heterocycles. The van der Waals surface area contributed by atoms with Gasteiger partial charge in [0.2, 0.25) is 5.56 Å². The molecule has 17 heavy (non-hydrogen) atoms. The predicted octanol–water partition coefficient (Wildman–Crippen LogP) is -0.762. The Hall–Kier alpha value is -1.66. The van der Waals surface area contributed by atoms with Gasteiger partial charge < -0.3 is 20.5 Å². The summed E-state index contributed by atoms with van der Waals surface area (Å²) in [5.74, 6) is -0.453. The van der Waals surface area contributed by atoms with Gasteiger partial charge in [0.1, 0.15) is 0 Å². The van der Waals surface area contributed by atoms with Gasteiger partial charge in [-0.05, 0) is 12.5 Å².